The van der Waals surface area contributed by atoms with Gasteiger partial charge in [0.05, 0.1) is 29.1 Å². The molecule has 1 unspecified atom stereocenters. The summed E-state index contributed by atoms with van der Waals surface area (Å²) in [5.41, 5.74) is 7.45. The van der Waals surface area contributed by atoms with Crippen LogP contribution in [0, 0.1) is 0 Å². The van der Waals surface area contributed by atoms with Crippen molar-refractivity contribution >= 4 is 35.0 Å². The van der Waals surface area contributed by atoms with E-state index in [9.17, 15) is 14.7 Å². The zero-order valence-electron chi connectivity index (χ0n) is 15.2. The zero-order valence-corrected chi connectivity index (χ0v) is 15.9. The van der Waals surface area contributed by atoms with Crippen LogP contribution in [0.15, 0.2) is 36.5 Å². The molecule has 0 spiro atoms. The molecule has 2 aromatic rings. The summed E-state index contributed by atoms with van der Waals surface area (Å²) in [6.45, 7) is 3.26. The fraction of sp³-hybridized carbons (Fsp3) is 0.316. The molecule has 1 aromatic heterocycles. The molecule has 0 radical (unpaired) electrons. The van der Waals surface area contributed by atoms with Gasteiger partial charge in [-0.15, -0.1) is 0 Å². The van der Waals surface area contributed by atoms with Gasteiger partial charge in [-0.2, -0.15) is 0 Å². The normalized spacial score (nSPS) is 11.7. The first-order valence-corrected chi connectivity index (χ1v) is 8.85. The van der Waals surface area contributed by atoms with Crippen molar-refractivity contribution < 1.29 is 19.4 Å². The Morgan fingerprint density at radius 1 is 1.33 bits per heavy atom. The number of aliphatic hydroxyl groups is 1. The molecule has 0 aliphatic rings. The number of amides is 1. The maximum absolute atomic E-state index is 12.3. The fourth-order valence-electron chi connectivity index (χ4n) is 2.71. The van der Waals surface area contributed by atoms with Crippen LogP contribution in [-0.4, -0.2) is 41.2 Å². The van der Waals surface area contributed by atoms with E-state index in [1.165, 1.54) is 17.2 Å². The van der Waals surface area contributed by atoms with E-state index in [0.29, 0.717) is 24.3 Å². The number of carbonyl (C=O) groups is 2. The number of pyridine rings is 1. The van der Waals surface area contributed by atoms with Crippen LogP contribution >= 0.6 is 11.6 Å². The average Bonchev–Trinajstić information content (AvgIpc) is 2.65. The summed E-state index contributed by atoms with van der Waals surface area (Å²) in [4.78, 5) is 29.4. The zero-order chi connectivity index (χ0) is 20.0. The second-order valence-electron chi connectivity index (χ2n) is 5.95. The number of nitrogens with zero attached hydrogens (tertiary/aromatic N) is 2. The highest BCUT2D eigenvalue weighted by Crippen LogP contribution is 2.25. The Balaban J connectivity index is 2.20. The smallest absolute Gasteiger partial charge is 0.338 e. The average molecular weight is 392 g/mol. The van der Waals surface area contributed by atoms with Gasteiger partial charge in [-0.25, -0.2) is 9.78 Å². The molecular weight excluding hydrogens is 370 g/mol. The Hall–Kier alpha value is -2.64. The number of rotatable bonds is 7. The summed E-state index contributed by atoms with van der Waals surface area (Å²) in [5.74, 6) is -0.691. The molecule has 0 fully saturated rings. The molecule has 0 saturated heterocycles. The van der Waals surface area contributed by atoms with E-state index in [2.05, 4.69) is 4.98 Å². The first kappa shape index (κ1) is 20.7. The van der Waals surface area contributed by atoms with Gasteiger partial charge >= 0.3 is 5.97 Å². The summed E-state index contributed by atoms with van der Waals surface area (Å²) in [6.07, 6.45) is 1.94. The quantitative estimate of drug-likeness (QED) is 0.702. The molecule has 3 N–H and O–H groups in total. The standard InChI is InChI=1S/C19H22ClN3O4/c1-3-27-19(26)14-6-4-13(5-7-14)8-12(2)23(17(25)11-24)15-9-16(20)18(21)22-10-15/h4-7,9-10,12,24H,3,8,11H2,1-2H3,(H2,21,22). The molecular formula is C19H22ClN3O4. The number of carbonyl (C=O) groups excluding carboxylic acids is 2. The fourth-order valence-corrected chi connectivity index (χ4v) is 2.87. The first-order chi connectivity index (χ1) is 12.9. The lowest BCUT2D eigenvalue weighted by Crippen LogP contribution is -2.41. The summed E-state index contributed by atoms with van der Waals surface area (Å²) >= 11 is 6.01. The number of nitrogens with two attached hydrogens (primary N) is 1. The van der Waals surface area contributed by atoms with Crippen LogP contribution in [0.25, 0.3) is 0 Å². The van der Waals surface area contributed by atoms with Crippen molar-refractivity contribution in [2.45, 2.75) is 26.3 Å². The molecule has 1 heterocycles. The second-order valence-corrected chi connectivity index (χ2v) is 6.36. The van der Waals surface area contributed by atoms with E-state index < -0.39 is 12.5 Å². The third-order valence-corrected chi connectivity index (χ3v) is 4.28. The number of nitrogen functional groups attached to an aromatic ring is 1. The molecule has 0 aliphatic heterocycles. The molecule has 1 amide bonds. The molecule has 8 heteroatoms. The third kappa shape index (κ3) is 5.18. The Bertz CT molecular complexity index is 811. The van der Waals surface area contributed by atoms with Crippen LogP contribution in [0.3, 0.4) is 0 Å². The largest absolute Gasteiger partial charge is 0.462 e. The van der Waals surface area contributed by atoms with Crippen molar-refractivity contribution in [1.29, 1.82) is 0 Å². The molecule has 0 bridgehead atoms. The number of halogens is 1. The van der Waals surface area contributed by atoms with E-state index in [1.54, 1.807) is 31.2 Å². The highest BCUT2D eigenvalue weighted by atomic mass is 35.5. The van der Waals surface area contributed by atoms with E-state index in [1.807, 2.05) is 6.92 Å². The van der Waals surface area contributed by atoms with Gasteiger partial charge in [0.15, 0.2) is 0 Å². The first-order valence-electron chi connectivity index (χ1n) is 8.47. The molecule has 7 nitrogen and oxygen atoms in total. The van der Waals surface area contributed by atoms with Gasteiger partial charge in [0.2, 0.25) is 0 Å². The minimum Gasteiger partial charge on any atom is -0.462 e. The van der Waals surface area contributed by atoms with Crippen LogP contribution in [0.2, 0.25) is 5.02 Å². The van der Waals surface area contributed by atoms with Crippen LogP contribution in [0.5, 0.6) is 0 Å². The van der Waals surface area contributed by atoms with Crippen LogP contribution in [0.1, 0.15) is 29.8 Å². The van der Waals surface area contributed by atoms with Gasteiger partial charge in [0.25, 0.3) is 5.91 Å². The number of ether oxygens (including phenoxy) is 1. The lowest BCUT2D eigenvalue weighted by Gasteiger charge is -2.29. The van der Waals surface area contributed by atoms with Gasteiger partial charge in [0, 0.05) is 6.04 Å². The lowest BCUT2D eigenvalue weighted by molar-refractivity contribution is -0.121. The topological polar surface area (TPSA) is 106 Å². The summed E-state index contributed by atoms with van der Waals surface area (Å²) < 4.78 is 4.96. The number of aliphatic hydroxyl groups excluding tert-OH is 1. The Morgan fingerprint density at radius 3 is 2.56 bits per heavy atom. The number of hydrogen-bond acceptors (Lipinski definition) is 6. The van der Waals surface area contributed by atoms with Crippen molar-refractivity contribution in [3.63, 3.8) is 0 Å². The SMILES string of the molecule is CCOC(=O)c1ccc(CC(C)N(C(=O)CO)c2cnc(N)c(Cl)c2)cc1. The monoisotopic (exact) mass is 391 g/mol. The highest BCUT2D eigenvalue weighted by molar-refractivity contribution is 6.33. The van der Waals surface area contributed by atoms with Crippen LogP contribution in [0.4, 0.5) is 11.5 Å². The van der Waals surface area contributed by atoms with E-state index in [0.717, 1.165) is 5.56 Å². The van der Waals surface area contributed by atoms with Gasteiger partial charge in [0.1, 0.15) is 12.4 Å². The molecule has 144 valence electrons. The number of aromatic nitrogens is 1. The molecule has 2 rings (SSSR count). The van der Waals surface area contributed by atoms with Crippen LogP contribution in [-0.2, 0) is 16.0 Å². The van der Waals surface area contributed by atoms with Crippen molar-refractivity contribution in [3.05, 3.63) is 52.7 Å². The van der Waals surface area contributed by atoms with Gasteiger partial charge in [-0.05, 0) is 44.0 Å². The molecule has 27 heavy (non-hydrogen) atoms. The van der Waals surface area contributed by atoms with Gasteiger partial charge < -0.3 is 20.5 Å². The van der Waals surface area contributed by atoms with Gasteiger partial charge in [-0.1, -0.05) is 23.7 Å². The number of anilines is 2. The van der Waals surface area contributed by atoms with E-state index >= 15 is 0 Å². The Labute approximate surface area is 162 Å². The molecule has 1 atom stereocenters. The minimum absolute atomic E-state index is 0.166. The van der Waals surface area contributed by atoms with Crippen LogP contribution < -0.4 is 10.6 Å². The summed E-state index contributed by atoms with van der Waals surface area (Å²) in [6, 6.07) is 8.22. The van der Waals surface area contributed by atoms with Crippen molar-refractivity contribution in [3.8, 4) is 0 Å². The maximum Gasteiger partial charge on any atom is 0.338 e. The predicted molar refractivity (Wildman–Crippen MR) is 104 cm³/mol. The molecule has 0 aliphatic carbocycles. The summed E-state index contributed by atoms with van der Waals surface area (Å²) in [7, 11) is 0. The number of benzene rings is 1. The number of esters is 1. The number of hydrogen-bond donors (Lipinski definition) is 2. The highest BCUT2D eigenvalue weighted by Gasteiger charge is 2.23. The molecule has 1 aromatic carbocycles. The van der Waals surface area contributed by atoms with Crippen molar-refractivity contribution in [2.75, 3.05) is 23.8 Å². The van der Waals surface area contributed by atoms with E-state index in [-0.39, 0.29) is 22.9 Å². The minimum atomic E-state index is -0.645. The van der Waals surface area contributed by atoms with Crippen molar-refractivity contribution in [2.24, 2.45) is 0 Å². The molecule has 0 saturated carbocycles. The van der Waals surface area contributed by atoms with E-state index in [4.69, 9.17) is 22.1 Å². The summed E-state index contributed by atoms with van der Waals surface area (Å²) in [5, 5.41) is 9.56. The lowest BCUT2D eigenvalue weighted by atomic mass is 10.0. The van der Waals surface area contributed by atoms with Crippen molar-refractivity contribution in [1.82, 2.24) is 4.98 Å². The van der Waals surface area contributed by atoms with Gasteiger partial charge in [-0.3, -0.25) is 4.79 Å². The Kier molecular flexibility index (Phi) is 7.15. The maximum atomic E-state index is 12.3. The predicted octanol–water partition coefficient (Wildman–Crippen LogP) is 2.45. The third-order valence-electron chi connectivity index (χ3n) is 3.97. The Morgan fingerprint density at radius 2 is 2.00 bits per heavy atom. The second kappa shape index (κ2) is 9.34.